The molecule has 0 fully saturated rings. The first-order valence-electron chi connectivity index (χ1n) is 7.61. The molecule has 0 saturated carbocycles. The fraction of sp³-hybridized carbons (Fsp3) is 0.278. The average molecular weight is 335 g/mol. The fourth-order valence-electron chi connectivity index (χ4n) is 2.19. The van der Waals surface area contributed by atoms with Crippen molar-refractivity contribution in [3.8, 4) is 0 Å². The van der Waals surface area contributed by atoms with Crippen LogP contribution >= 0.6 is 11.6 Å². The quantitative estimate of drug-likeness (QED) is 0.727. The van der Waals surface area contributed by atoms with Crippen molar-refractivity contribution in [1.29, 1.82) is 0 Å². The molecule has 0 saturated heterocycles. The topological polar surface area (TPSA) is 41.1 Å². The molecule has 2 aromatic carbocycles. The summed E-state index contributed by atoms with van der Waals surface area (Å²) in [6.07, 6.45) is 0.868. The normalized spacial score (nSPS) is 10.5. The van der Waals surface area contributed by atoms with Gasteiger partial charge < -0.3 is 10.6 Å². The molecule has 2 rings (SSSR count). The number of carbonyl (C=O) groups excluding carboxylic acids is 1. The van der Waals surface area contributed by atoms with E-state index in [-0.39, 0.29) is 11.7 Å². The van der Waals surface area contributed by atoms with Gasteiger partial charge in [0, 0.05) is 31.1 Å². The number of halogens is 2. The molecule has 0 aliphatic heterocycles. The summed E-state index contributed by atoms with van der Waals surface area (Å²) in [6.45, 7) is 1.63. The molecular weight excluding hydrogens is 315 g/mol. The molecule has 0 heterocycles. The molecule has 0 atom stereocenters. The summed E-state index contributed by atoms with van der Waals surface area (Å²) in [5.41, 5.74) is 1.62. The highest BCUT2D eigenvalue weighted by molar-refractivity contribution is 6.31. The van der Waals surface area contributed by atoms with E-state index in [9.17, 15) is 9.18 Å². The molecule has 2 N–H and O–H groups in total. The summed E-state index contributed by atoms with van der Waals surface area (Å²) in [7, 11) is 0. The van der Waals surface area contributed by atoms with Gasteiger partial charge in [-0.05, 0) is 29.7 Å². The lowest BCUT2D eigenvalue weighted by Gasteiger charge is -2.08. The van der Waals surface area contributed by atoms with Gasteiger partial charge in [-0.15, -0.1) is 0 Å². The van der Waals surface area contributed by atoms with Gasteiger partial charge in [-0.1, -0.05) is 48.0 Å². The van der Waals surface area contributed by atoms with Gasteiger partial charge in [0.15, 0.2) is 0 Å². The second-order valence-electron chi connectivity index (χ2n) is 5.21. The van der Waals surface area contributed by atoms with E-state index >= 15 is 0 Å². The summed E-state index contributed by atoms with van der Waals surface area (Å²) >= 11 is 6.06. The Balaban J connectivity index is 1.60. The maximum Gasteiger partial charge on any atom is 0.221 e. The minimum atomic E-state index is -0.233. The Morgan fingerprint density at radius 3 is 2.43 bits per heavy atom. The lowest BCUT2D eigenvalue weighted by molar-refractivity contribution is -0.120. The Morgan fingerprint density at radius 2 is 1.70 bits per heavy atom. The number of benzene rings is 2. The summed E-state index contributed by atoms with van der Waals surface area (Å²) in [4.78, 5) is 11.7. The SMILES string of the molecule is O=C(CCNCc1ccccc1Cl)NCCc1ccccc1F. The van der Waals surface area contributed by atoms with Gasteiger partial charge >= 0.3 is 0 Å². The predicted octanol–water partition coefficient (Wildman–Crippen LogP) is 3.32. The molecule has 0 bridgehead atoms. The Labute approximate surface area is 140 Å². The lowest BCUT2D eigenvalue weighted by atomic mass is 10.1. The van der Waals surface area contributed by atoms with Gasteiger partial charge in [0.05, 0.1) is 0 Å². The number of rotatable bonds is 8. The number of hydrogen-bond donors (Lipinski definition) is 2. The molecule has 5 heteroatoms. The Hall–Kier alpha value is -1.91. The van der Waals surface area contributed by atoms with Crippen LogP contribution < -0.4 is 10.6 Å². The first-order chi connectivity index (χ1) is 11.2. The van der Waals surface area contributed by atoms with Crippen LogP contribution in [0.3, 0.4) is 0 Å². The Bertz CT molecular complexity index is 648. The third-order valence-corrected chi connectivity index (χ3v) is 3.85. The average Bonchev–Trinajstić information content (AvgIpc) is 2.55. The monoisotopic (exact) mass is 334 g/mol. The minimum Gasteiger partial charge on any atom is -0.356 e. The van der Waals surface area contributed by atoms with Crippen LogP contribution in [-0.2, 0) is 17.8 Å². The third-order valence-electron chi connectivity index (χ3n) is 3.48. The van der Waals surface area contributed by atoms with Crippen molar-refractivity contribution in [3.05, 3.63) is 70.5 Å². The first kappa shape index (κ1) is 17.4. The third kappa shape index (κ3) is 6.00. The molecule has 0 spiro atoms. The number of carbonyl (C=O) groups is 1. The number of amides is 1. The highest BCUT2D eigenvalue weighted by Crippen LogP contribution is 2.14. The number of hydrogen-bond acceptors (Lipinski definition) is 2. The molecule has 0 unspecified atom stereocenters. The molecule has 122 valence electrons. The molecule has 2 aromatic rings. The highest BCUT2D eigenvalue weighted by Gasteiger charge is 2.04. The zero-order valence-electron chi connectivity index (χ0n) is 12.8. The molecular formula is C18H20ClFN2O. The maximum absolute atomic E-state index is 13.4. The fourth-order valence-corrected chi connectivity index (χ4v) is 2.40. The molecule has 23 heavy (non-hydrogen) atoms. The highest BCUT2D eigenvalue weighted by atomic mass is 35.5. The smallest absolute Gasteiger partial charge is 0.221 e. The summed E-state index contributed by atoms with van der Waals surface area (Å²) in [6, 6.07) is 14.2. The van der Waals surface area contributed by atoms with Crippen molar-refractivity contribution in [3.63, 3.8) is 0 Å². The van der Waals surface area contributed by atoms with Crippen molar-refractivity contribution in [2.45, 2.75) is 19.4 Å². The van der Waals surface area contributed by atoms with E-state index in [1.54, 1.807) is 18.2 Å². The second-order valence-corrected chi connectivity index (χ2v) is 5.62. The van der Waals surface area contributed by atoms with E-state index in [2.05, 4.69) is 10.6 Å². The van der Waals surface area contributed by atoms with Crippen molar-refractivity contribution in [2.75, 3.05) is 13.1 Å². The standard InChI is InChI=1S/C18H20ClFN2O/c19-16-7-3-1-6-15(16)13-21-11-10-18(23)22-12-9-14-5-2-4-8-17(14)20/h1-8,21H,9-13H2,(H,22,23). The van der Waals surface area contributed by atoms with Crippen LogP contribution in [0.1, 0.15) is 17.5 Å². The predicted molar refractivity (Wildman–Crippen MR) is 90.9 cm³/mol. The van der Waals surface area contributed by atoms with Crippen LogP contribution in [0.5, 0.6) is 0 Å². The van der Waals surface area contributed by atoms with Crippen LogP contribution in [0, 0.1) is 5.82 Å². The molecule has 0 aliphatic rings. The van der Waals surface area contributed by atoms with Gasteiger partial charge in [0.2, 0.25) is 5.91 Å². The van der Waals surface area contributed by atoms with Gasteiger partial charge in [-0.25, -0.2) is 4.39 Å². The molecule has 0 radical (unpaired) electrons. The Morgan fingerprint density at radius 1 is 1.00 bits per heavy atom. The van der Waals surface area contributed by atoms with E-state index in [4.69, 9.17) is 11.6 Å². The van der Waals surface area contributed by atoms with Crippen molar-refractivity contribution in [1.82, 2.24) is 10.6 Å². The summed E-state index contributed by atoms with van der Waals surface area (Å²) < 4.78 is 13.4. The van der Waals surface area contributed by atoms with Crippen LogP contribution in [0.2, 0.25) is 5.02 Å². The van der Waals surface area contributed by atoms with E-state index in [1.807, 2.05) is 24.3 Å². The summed E-state index contributed by atoms with van der Waals surface area (Å²) in [5.74, 6) is -0.281. The second kappa shape index (κ2) is 9.28. The minimum absolute atomic E-state index is 0.0482. The van der Waals surface area contributed by atoms with Crippen LogP contribution in [-0.4, -0.2) is 19.0 Å². The zero-order chi connectivity index (χ0) is 16.5. The first-order valence-corrected chi connectivity index (χ1v) is 7.99. The van der Waals surface area contributed by atoms with Crippen molar-refractivity contribution in [2.24, 2.45) is 0 Å². The van der Waals surface area contributed by atoms with Gasteiger partial charge in [-0.2, -0.15) is 0 Å². The summed E-state index contributed by atoms with van der Waals surface area (Å²) in [5, 5.41) is 6.70. The molecule has 1 amide bonds. The van der Waals surface area contributed by atoms with Crippen LogP contribution in [0.15, 0.2) is 48.5 Å². The molecule has 3 nitrogen and oxygen atoms in total. The zero-order valence-corrected chi connectivity index (χ0v) is 13.6. The molecule has 0 aromatic heterocycles. The van der Waals surface area contributed by atoms with E-state index in [1.165, 1.54) is 6.07 Å². The van der Waals surface area contributed by atoms with Crippen LogP contribution in [0.25, 0.3) is 0 Å². The van der Waals surface area contributed by atoms with Gasteiger partial charge in [0.1, 0.15) is 5.82 Å². The lowest BCUT2D eigenvalue weighted by Crippen LogP contribution is -2.29. The van der Waals surface area contributed by atoms with Gasteiger partial charge in [-0.3, -0.25) is 4.79 Å². The largest absolute Gasteiger partial charge is 0.356 e. The molecule has 0 aliphatic carbocycles. The van der Waals surface area contributed by atoms with E-state index in [0.29, 0.717) is 43.1 Å². The van der Waals surface area contributed by atoms with Gasteiger partial charge in [0.25, 0.3) is 0 Å². The van der Waals surface area contributed by atoms with E-state index < -0.39 is 0 Å². The maximum atomic E-state index is 13.4. The van der Waals surface area contributed by atoms with Crippen LogP contribution in [0.4, 0.5) is 4.39 Å². The number of nitrogens with one attached hydrogen (secondary N) is 2. The van der Waals surface area contributed by atoms with Crippen molar-refractivity contribution >= 4 is 17.5 Å². The van der Waals surface area contributed by atoms with Crippen molar-refractivity contribution < 1.29 is 9.18 Å². The Kier molecular flexibility index (Phi) is 7.04. The van der Waals surface area contributed by atoms with E-state index in [0.717, 1.165) is 5.56 Å².